The average molecular weight is 419 g/mol. The number of anilines is 1. The third-order valence-corrected chi connectivity index (χ3v) is 5.56. The van der Waals surface area contributed by atoms with Crippen LogP contribution in [-0.4, -0.2) is 20.5 Å². The first-order chi connectivity index (χ1) is 15.6. The fourth-order valence-electron chi connectivity index (χ4n) is 3.67. The minimum absolute atomic E-state index is 0.265. The fraction of sp³-hybridized carbons (Fsp3) is 0.0741. The maximum Gasteiger partial charge on any atom is 0.276 e. The molecule has 0 radical (unpaired) electrons. The number of carbonyl (C=O) groups excluding carboxylic acids is 1. The van der Waals surface area contributed by atoms with Crippen molar-refractivity contribution < 1.29 is 4.79 Å². The Morgan fingerprint density at radius 2 is 1.47 bits per heavy atom. The molecule has 0 bridgehead atoms. The number of nitrogens with zero attached hydrogens (tertiary/aromatic N) is 3. The van der Waals surface area contributed by atoms with Crippen molar-refractivity contribution in [2.75, 3.05) is 5.32 Å². The van der Waals surface area contributed by atoms with Crippen molar-refractivity contribution in [3.8, 4) is 22.5 Å². The van der Waals surface area contributed by atoms with E-state index in [0.29, 0.717) is 11.3 Å². The predicted molar refractivity (Wildman–Crippen MR) is 128 cm³/mol. The van der Waals surface area contributed by atoms with E-state index >= 15 is 0 Å². The second-order valence-corrected chi connectivity index (χ2v) is 7.81. The van der Waals surface area contributed by atoms with Crippen LogP contribution in [0.1, 0.15) is 21.6 Å². The molecule has 5 heteroatoms. The van der Waals surface area contributed by atoms with Gasteiger partial charge >= 0.3 is 0 Å². The van der Waals surface area contributed by atoms with Gasteiger partial charge in [0.05, 0.1) is 11.4 Å². The average Bonchev–Trinajstić information content (AvgIpc) is 3.26. The summed E-state index contributed by atoms with van der Waals surface area (Å²) in [5.41, 5.74) is 7.71. The Kier molecular flexibility index (Phi) is 5.00. The summed E-state index contributed by atoms with van der Waals surface area (Å²) in [5.74, 6) is -0.265. The molecule has 0 spiro atoms. The third kappa shape index (κ3) is 3.76. The predicted octanol–water partition coefficient (Wildman–Crippen LogP) is 5.93. The van der Waals surface area contributed by atoms with Gasteiger partial charge in [-0.15, -0.1) is 0 Å². The van der Waals surface area contributed by atoms with Gasteiger partial charge in [0, 0.05) is 22.9 Å². The third-order valence-electron chi connectivity index (χ3n) is 5.56. The first-order valence-electron chi connectivity index (χ1n) is 10.5. The van der Waals surface area contributed by atoms with Gasteiger partial charge in [-0.3, -0.25) is 4.79 Å². The topological polar surface area (TPSA) is 59.3 Å². The number of fused-ring (bicyclic) bond motifs is 1. The van der Waals surface area contributed by atoms with Crippen LogP contribution in [0, 0.1) is 13.8 Å². The smallest absolute Gasteiger partial charge is 0.276 e. The molecule has 156 valence electrons. The summed E-state index contributed by atoms with van der Waals surface area (Å²) in [6.45, 7) is 4.07. The van der Waals surface area contributed by atoms with E-state index in [-0.39, 0.29) is 5.91 Å². The molecular formula is C27H22N4O. The number of amides is 1. The lowest BCUT2D eigenvalue weighted by Gasteiger charge is -2.08. The standard InChI is InChI=1S/C27H22N4O/c1-18-13-14-22(15-19(18)2)28-27(32)24-17-26-29-23(20-9-5-3-6-10-20)16-25(31(26)30-24)21-11-7-4-8-12-21/h3-17H,1-2H3,(H,28,32). The summed E-state index contributed by atoms with van der Waals surface area (Å²) in [4.78, 5) is 17.8. The van der Waals surface area contributed by atoms with Crippen molar-refractivity contribution in [1.82, 2.24) is 14.6 Å². The SMILES string of the molecule is Cc1ccc(NC(=O)c2cc3nc(-c4ccccc4)cc(-c4ccccc4)n3n2)cc1C. The number of carbonyl (C=O) groups is 1. The van der Waals surface area contributed by atoms with Crippen LogP contribution in [0.3, 0.4) is 0 Å². The zero-order valence-electron chi connectivity index (χ0n) is 17.9. The van der Waals surface area contributed by atoms with E-state index in [1.165, 1.54) is 5.56 Å². The van der Waals surface area contributed by atoms with E-state index in [0.717, 1.165) is 33.8 Å². The number of nitrogens with one attached hydrogen (secondary N) is 1. The molecule has 0 aliphatic heterocycles. The second kappa shape index (κ2) is 8.12. The van der Waals surface area contributed by atoms with Crippen LogP contribution in [0.15, 0.2) is 91.0 Å². The molecule has 5 rings (SSSR count). The number of rotatable bonds is 4. The van der Waals surface area contributed by atoms with Crippen LogP contribution in [-0.2, 0) is 0 Å². The number of aryl methyl sites for hydroxylation is 2. The maximum absolute atomic E-state index is 13.0. The lowest BCUT2D eigenvalue weighted by molar-refractivity contribution is 0.102. The van der Waals surface area contributed by atoms with Gasteiger partial charge in [-0.05, 0) is 43.2 Å². The van der Waals surface area contributed by atoms with Crippen LogP contribution in [0.4, 0.5) is 5.69 Å². The molecule has 2 aromatic heterocycles. The molecule has 0 aliphatic carbocycles. The van der Waals surface area contributed by atoms with E-state index in [1.54, 1.807) is 10.6 Å². The highest BCUT2D eigenvalue weighted by Gasteiger charge is 2.16. The molecule has 0 saturated heterocycles. The van der Waals surface area contributed by atoms with Crippen molar-refractivity contribution in [1.29, 1.82) is 0 Å². The molecule has 0 atom stereocenters. The Morgan fingerprint density at radius 1 is 0.781 bits per heavy atom. The number of hydrogen-bond acceptors (Lipinski definition) is 3. The van der Waals surface area contributed by atoms with Crippen molar-refractivity contribution >= 4 is 17.2 Å². The second-order valence-electron chi connectivity index (χ2n) is 7.81. The Hall–Kier alpha value is -4.25. The molecule has 1 amide bonds. The molecule has 5 aromatic rings. The fourth-order valence-corrected chi connectivity index (χ4v) is 3.67. The van der Waals surface area contributed by atoms with Crippen LogP contribution < -0.4 is 5.32 Å². The largest absolute Gasteiger partial charge is 0.321 e. The van der Waals surface area contributed by atoms with Crippen molar-refractivity contribution in [2.24, 2.45) is 0 Å². The Labute approximate surface area is 186 Å². The highest BCUT2D eigenvalue weighted by molar-refractivity contribution is 6.03. The lowest BCUT2D eigenvalue weighted by atomic mass is 10.1. The number of hydrogen-bond donors (Lipinski definition) is 1. The monoisotopic (exact) mass is 418 g/mol. The Balaban J connectivity index is 1.60. The zero-order valence-corrected chi connectivity index (χ0v) is 17.9. The Morgan fingerprint density at radius 3 is 2.16 bits per heavy atom. The van der Waals surface area contributed by atoms with E-state index < -0.39 is 0 Å². The van der Waals surface area contributed by atoms with Gasteiger partial charge < -0.3 is 5.32 Å². The first-order valence-corrected chi connectivity index (χ1v) is 10.5. The molecule has 2 heterocycles. The van der Waals surface area contributed by atoms with E-state index in [9.17, 15) is 4.79 Å². The van der Waals surface area contributed by atoms with Crippen LogP contribution in [0.25, 0.3) is 28.2 Å². The number of benzene rings is 3. The van der Waals surface area contributed by atoms with Crippen LogP contribution >= 0.6 is 0 Å². The van der Waals surface area contributed by atoms with Gasteiger partial charge in [0.25, 0.3) is 5.91 Å². The molecule has 1 N–H and O–H groups in total. The van der Waals surface area contributed by atoms with Crippen molar-refractivity contribution in [3.05, 3.63) is 108 Å². The van der Waals surface area contributed by atoms with Crippen LogP contribution in [0.5, 0.6) is 0 Å². The molecule has 3 aromatic carbocycles. The zero-order chi connectivity index (χ0) is 22.1. The van der Waals surface area contributed by atoms with Gasteiger partial charge in [-0.2, -0.15) is 5.10 Å². The van der Waals surface area contributed by atoms with Gasteiger partial charge in [-0.25, -0.2) is 9.50 Å². The Bertz CT molecular complexity index is 1420. The molecule has 32 heavy (non-hydrogen) atoms. The summed E-state index contributed by atoms with van der Waals surface area (Å²) in [5, 5.41) is 7.55. The molecule has 0 aliphatic rings. The molecule has 0 fully saturated rings. The van der Waals surface area contributed by atoms with Gasteiger partial charge in [0.1, 0.15) is 0 Å². The molecular weight excluding hydrogens is 396 g/mol. The maximum atomic E-state index is 13.0. The van der Waals surface area contributed by atoms with Gasteiger partial charge in [-0.1, -0.05) is 66.7 Å². The van der Waals surface area contributed by atoms with E-state index in [2.05, 4.69) is 10.4 Å². The highest BCUT2D eigenvalue weighted by Crippen LogP contribution is 2.26. The lowest BCUT2D eigenvalue weighted by Crippen LogP contribution is -2.13. The summed E-state index contributed by atoms with van der Waals surface area (Å²) in [6, 6.07) is 29.6. The normalized spacial score (nSPS) is 10.9. The van der Waals surface area contributed by atoms with E-state index in [1.807, 2.05) is 98.8 Å². The summed E-state index contributed by atoms with van der Waals surface area (Å²) < 4.78 is 1.73. The van der Waals surface area contributed by atoms with Crippen molar-refractivity contribution in [3.63, 3.8) is 0 Å². The quantitative estimate of drug-likeness (QED) is 0.393. The summed E-state index contributed by atoms with van der Waals surface area (Å²) in [6.07, 6.45) is 0. The minimum Gasteiger partial charge on any atom is -0.321 e. The highest BCUT2D eigenvalue weighted by atomic mass is 16.1. The van der Waals surface area contributed by atoms with Crippen molar-refractivity contribution in [2.45, 2.75) is 13.8 Å². The van der Waals surface area contributed by atoms with E-state index in [4.69, 9.17) is 4.98 Å². The number of aromatic nitrogens is 3. The summed E-state index contributed by atoms with van der Waals surface area (Å²) in [7, 11) is 0. The molecule has 5 nitrogen and oxygen atoms in total. The minimum atomic E-state index is -0.265. The van der Waals surface area contributed by atoms with Gasteiger partial charge in [0.2, 0.25) is 0 Å². The first kappa shape index (κ1) is 19.7. The summed E-state index contributed by atoms with van der Waals surface area (Å²) >= 11 is 0. The molecule has 0 saturated carbocycles. The van der Waals surface area contributed by atoms with Crippen LogP contribution in [0.2, 0.25) is 0 Å². The molecule has 0 unspecified atom stereocenters. The van der Waals surface area contributed by atoms with Gasteiger partial charge in [0.15, 0.2) is 11.3 Å².